The van der Waals surface area contributed by atoms with Crippen LogP contribution in [0.5, 0.6) is 0 Å². The van der Waals surface area contributed by atoms with Crippen LogP contribution in [-0.4, -0.2) is 61.7 Å². The maximum absolute atomic E-state index is 12.9. The molecule has 0 unspecified atom stereocenters. The van der Waals surface area contributed by atoms with E-state index in [0.717, 1.165) is 38.5 Å². The van der Waals surface area contributed by atoms with Gasteiger partial charge in [0.2, 0.25) is 15.9 Å². The molecule has 7 nitrogen and oxygen atoms in total. The van der Waals surface area contributed by atoms with Gasteiger partial charge in [-0.1, -0.05) is 20.8 Å². The SMILES string of the molecule is CCC(CC)C(=O)N1CCC(NC(=O)c2ccc(S(=O)(=O)N3CCC(C)CC3)cc2)CC1. The first-order chi connectivity index (χ1) is 15.3. The number of nitrogens with one attached hydrogen (secondary N) is 1. The van der Waals surface area contributed by atoms with Gasteiger partial charge in [-0.25, -0.2) is 8.42 Å². The van der Waals surface area contributed by atoms with Crippen molar-refractivity contribution >= 4 is 21.8 Å². The molecule has 0 aliphatic carbocycles. The molecule has 3 rings (SSSR count). The van der Waals surface area contributed by atoms with Crippen LogP contribution in [0.2, 0.25) is 0 Å². The third-order valence-electron chi connectivity index (χ3n) is 6.97. The summed E-state index contributed by atoms with van der Waals surface area (Å²) in [5, 5.41) is 3.04. The highest BCUT2D eigenvalue weighted by Crippen LogP contribution is 2.24. The zero-order valence-corrected chi connectivity index (χ0v) is 20.4. The predicted octanol–water partition coefficient (Wildman–Crippen LogP) is 3.26. The number of rotatable bonds is 7. The van der Waals surface area contributed by atoms with Crippen LogP contribution in [0.1, 0.15) is 69.7 Å². The summed E-state index contributed by atoms with van der Waals surface area (Å²) < 4.78 is 27.3. The Kier molecular flexibility index (Phi) is 8.33. The molecule has 178 valence electrons. The largest absolute Gasteiger partial charge is 0.349 e. The Morgan fingerprint density at radius 3 is 2.06 bits per heavy atom. The minimum absolute atomic E-state index is 0.0204. The Labute approximate surface area is 192 Å². The van der Waals surface area contributed by atoms with E-state index in [1.807, 2.05) is 18.7 Å². The van der Waals surface area contributed by atoms with Crippen molar-refractivity contribution in [2.24, 2.45) is 11.8 Å². The molecule has 2 aliphatic heterocycles. The molecular weight excluding hydrogens is 426 g/mol. The fourth-order valence-corrected chi connectivity index (χ4v) is 6.03. The van der Waals surface area contributed by atoms with Gasteiger partial charge in [0.05, 0.1) is 4.90 Å². The van der Waals surface area contributed by atoms with E-state index in [0.29, 0.717) is 37.7 Å². The van der Waals surface area contributed by atoms with Crippen LogP contribution in [0.4, 0.5) is 0 Å². The third kappa shape index (κ3) is 5.70. The zero-order valence-electron chi connectivity index (χ0n) is 19.5. The van der Waals surface area contributed by atoms with Gasteiger partial charge >= 0.3 is 0 Å². The van der Waals surface area contributed by atoms with Crippen molar-refractivity contribution in [1.29, 1.82) is 0 Å². The Morgan fingerprint density at radius 2 is 1.53 bits per heavy atom. The summed E-state index contributed by atoms with van der Waals surface area (Å²) in [6, 6.07) is 6.24. The van der Waals surface area contributed by atoms with Crippen molar-refractivity contribution in [3.8, 4) is 0 Å². The highest BCUT2D eigenvalue weighted by Gasteiger charge is 2.29. The summed E-state index contributed by atoms with van der Waals surface area (Å²) >= 11 is 0. The second kappa shape index (κ2) is 10.8. The Morgan fingerprint density at radius 1 is 0.969 bits per heavy atom. The molecule has 2 amide bonds. The minimum atomic E-state index is -3.52. The van der Waals surface area contributed by atoms with Gasteiger partial charge in [-0.2, -0.15) is 4.31 Å². The van der Waals surface area contributed by atoms with Crippen molar-refractivity contribution in [1.82, 2.24) is 14.5 Å². The molecule has 1 aromatic carbocycles. The maximum Gasteiger partial charge on any atom is 0.251 e. The van der Waals surface area contributed by atoms with Crippen LogP contribution in [0.3, 0.4) is 0 Å². The molecule has 0 atom stereocenters. The smallest absolute Gasteiger partial charge is 0.251 e. The average molecular weight is 464 g/mol. The van der Waals surface area contributed by atoms with E-state index in [2.05, 4.69) is 12.2 Å². The molecule has 0 saturated carbocycles. The first kappa shape index (κ1) is 24.7. The maximum atomic E-state index is 12.9. The molecule has 8 heteroatoms. The van der Waals surface area contributed by atoms with E-state index in [1.54, 1.807) is 16.4 Å². The van der Waals surface area contributed by atoms with Gasteiger partial charge in [0.1, 0.15) is 0 Å². The summed E-state index contributed by atoms with van der Waals surface area (Å²) in [5.74, 6) is 0.659. The molecule has 0 aromatic heterocycles. The molecule has 2 saturated heterocycles. The fraction of sp³-hybridized carbons (Fsp3) is 0.667. The number of carbonyl (C=O) groups excluding carboxylic acids is 2. The lowest BCUT2D eigenvalue weighted by molar-refractivity contribution is -0.136. The van der Waals surface area contributed by atoms with E-state index < -0.39 is 10.0 Å². The lowest BCUT2D eigenvalue weighted by Gasteiger charge is -2.34. The summed E-state index contributed by atoms with van der Waals surface area (Å²) in [6.07, 6.45) is 4.93. The summed E-state index contributed by atoms with van der Waals surface area (Å²) in [7, 11) is -3.52. The summed E-state index contributed by atoms with van der Waals surface area (Å²) in [6.45, 7) is 8.64. The lowest BCUT2D eigenvalue weighted by Crippen LogP contribution is -2.48. The number of carbonyl (C=O) groups is 2. The van der Waals surface area contributed by atoms with E-state index in [4.69, 9.17) is 0 Å². The van der Waals surface area contributed by atoms with Crippen molar-refractivity contribution in [2.75, 3.05) is 26.2 Å². The minimum Gasteiger partial charge on any atom is -0.349 e. The molecule has 1 N–H and O–H groups in total. The molecule has 2 heterocycles. The van der Waals surface area contributed by atoms with Gasteiger partial charge in [-0.15, -0.1) is 0 Å². The number of piperidine rings is 2. The number of sulfonamides is 1. The van der Waals surface area contributed by atoms with Gasteiger partial charge in [0.15, 0.2) is 0 Å². The van der Waals surface area contributed by atoms with Crippen LogP contribution in [0.25, 0.3) is 0 Å². The second-order valence-electron chi connectivity index (χ2n) is 9.20. The van der Waals surface area contributed by atoms with Crippen molar-refractivity contribution < 1.29 is 18.0 Å². The van der Waals surface area contributed by atoms with Crippen LogP contribution in [-0.2, 0) is 14.8 Å². The molecular formula is C24H37N3O4S. The van der Waals surface area contributed by atoms with Gasteiger partial charge in [-0.05, 0) is 68.7 Å². The molecule has 2 aliphatic rings. The average Bonchev–Trinajstić information content (AvgIpc) is 2.80. The topological polar surface area (TPSA) is 86.8 Å². The van der Waals surface area contributed by atoms with Crippen LogP contribution in [0, 0.1) is 11.8 Å². The Balaban J connectivity index is 1.54. The molecule has 2 fully saturated rings. The number of hydrogen-bond donors (Lipinski definition) is 1. The van der Waals surface area contributed by atoms with E-state index in [9.17, 15) is 18.0 Å². The van der Waals surface area contributed by atoms with Gasteiger partial charge < -0.3 is 10.2 Å². The molecule has 0 bridgehead atoms. The highest BCUT2D eigenvalue weighted by molar-refractivity contribution is 7.89. The first-order valence-electron chi connectivity index (χ1n) is 12.0. The monoisotopic (exact) mass is 463 g/mol. The van der Waals surface area contributed by atoms with Crippen molar-refractivity contribution in [3.05, 3.63) is 29.8 Å². The zero-order chi connectivity index (χ0) is 23.3. The Bertz CT molecular complexity index is 880. The summed E-state index contributed by atoms with van der Waals surface area (Å²) in [4.78, 5) is 27.4. The standard InChI is InChI=1S/C24H37N3O4S/c1-4-19(5-2)24(29)26-14-12-21(13-15-26)25-23(28)20-6-8-22(9-7-20)32(30,31)27-16-10-18(3)11-17-27/h6-9,18-19,21H,4-5,10-17H2,1-3H3,(H,25,28). The van der Waals surface area contributed by atoms with Crippen LogP contribution >= 0.6 is 0 Å². The van der Waals surface area contributed by atoms with E-state index in [-0.39, 0.29) is 28.7 Å². The molecule has 0 radical (unpaired) electrons. The van der Waals surface area contributed by atoms with Crippen molar-refractivity contribution in [3.63, 3.8) is 0 Å². The number of benzene rings is 1. The third-order valence-corrected chi connectivity index (χ3v) is 8.89. The molecule has 0 spiro atoms. The first-order valence-corrected chi connectivity index (χ1v) is 13.4. The van der Waals surface area contributed by atoms with Gasteiger partial charge in [0, 0.05) is 43.7 Å². The van der Waals surface area contributed by atoms with Crippen LogP contribution < -0.4 is 5.32 Å². The van der Waals surface area contributed by atoms with Gasteiger partial charge in [-0.3, -0.25) is 9.59 Å². The van der Waals surface area contributed by atoms with E-state index in [1.165, 1.54) is 12.1 Å². The summed E-state index contributed by atoms with van der Waals surface area (Å²) in [5.41, 5.74) is 0.451. The van der Waals surface area contributed by atoms with Crippen molar-refractivity contribution in [2.45, 2.75) is 70.2 Å². The molecule has 1 aromatic rings. The predicted molar refractivity (Wildman–Crippen MR) is 125 cm³/mol. The fourth-order valence-electron chi connectivity index (χ4n) is 4.56. The number of nitrogens with zero attached hydrogens (tertiary/aromatic N) is 2. The van der Waals surface area contributed by atoms with Gasteiger partial charge in [0.25, 0.3) is 5.91 Å². The lowest BCUT2D eigenvalue weighted by atomic mass is 9.98. The molecule has 32 heavy (non-hydrogen) atoms. The normalized spacial score (nSPS) is 19.3. The second-order valence-corrected chi connectivity index (χ2v) is 11.1. The number of likely N-dealkylation sites (tertiary alicyclic amines) is 1. The van der Waals surface area contributed by atoms with Crippen LogP contribution in [0.15, 0.2) is 29.2 Å². The highest BCUT2D eigenvalue weighted by atomic mass is 32.2. The van der Waals surface area contributed by atoms with E-state index >= 15 is 0 Å². The number of amides is 2. The Hall–Kier alpha value is -1.93. The number of hydrogen-bond acceptors (Lipinski definition) is 4. The quantitative estimate of drug-likeness (QED) is 0.672.